The minimum Gasteiger partial charge on any atom is -0.337 e. The van der Waals surface area contributed by atoms with Crippen molar-refractivity contribution in [1.29, 1.82) is 0 Å². The fourth-order valence-electron chi connectivity index (χ4n) is 3.22. The van der Waals surface area contributed by atoms with Gasteiger partial charge in [0.05, 0.1) is 23.4 Å². The number of imidazole rings is 1. The quantitative estimate of drug-likeness (QED) is 0.794. The molecule has 1 aliphatic heterocycles. The molecule has 2 heterocycles. The molecule has 0 saturated carbocycles. The molecule has 0 unspecified atom stereocenters. The lowest BCUT2D eigenvalue weighted by Crippen LogP contribution is -2.34. The molecule has 0 spiro atoms. The fraction of sp³-hybridized carbons (Fsp3) is 0.412. The summed E-state index contributed by atoms with van der Waals surface area (Å²) in [5.41, 5.74) is 3.45. The normalized spacial score (nSPS) is 19.5. The van der Waals surface area contributed by atoms with Gasteiger partial charge in [-0.1, -0.05) is 18.7 Å². The number of nitrogens with zero attached hydrogens (tertiary/aromatic N) is 3. The molecular formula is C17H21N3O. The van der Waals surface area contributed by atoms with Crippen molar-refractivity contribution in [2.45, 2.75) is 32.2 Å². The summed E-state index contributed by atoms with van der Waals surface area (Å²) in [6, 6.07) is 6.49. The second-order valence-corrected chi connectivity index (χ2v) is 5.73. The zero-order chi connectivity index (χ0) is 14.8. The Morgan fingerprint density at radius 1 is 1.43 bits per heavy atom. The summed E-state index contributed by atoms with van der Waals surface area (Å²) in [6.45, 7) is 7.29. The van der Waals surface area contributed by atoms with E-state index >= 15 is 0 Å². The number of amides is 1. The van der Waals surface area contributed by atoms with E-state index in [-0.39, 0.29) is 5.91 Å². The monoisotopic (exact) mass is 283 g/mol. The number of aryl methyl sites for hydroxylation is 1. The van der Waals surface area contributed by atoms with Crippen molar-refractivity contribution in [3.8, 4) is 0 Å². The summed E-state index contributed by atoms with van der Waals surface area (Å²) in [7, 11) is 0. The molecule has 4 nitrogen and oxygen atoms in total. The molecule has 1 fully saturated rings. The van der Waals surface area contributed by atoms with Crippen molar-refractivity contribution in [3.63, 3.8) is 0 Å². The molecule has 21 heavy (non-hydrogen) atoms. The van der Waals surface area contributed by atoms with E-state index in [9.17, 15) is 4.79 Å². The zero-order valence-electron chi connectivity index (χ0n) is 12.5. The molecule has 0 aliphatic carbocycles. The van der Waals surface area contributed by atoms with Crippen LogP contribution in [0.3, 0.4) is 0 Å². The van der Waals surface area contributed by atoms with Crippen molar-refractivity contribution < 1.29 is 4.79 Å². The Morgan fingerprint density at radius 3 is 3.10 bits per heavy atom. The molecule has 1 amide bonds. The number of fused-ring (bicyclic) bond motifs is 1. The summed E-state index contributed by atoms with van der Waals surface area (Å²) in [6.07, 6.45) is 6.61. The van der Waals surface area contributed by atoms with Gasteiger partial charge in [-0.25, -0.2) is 4.98 Å². The Balaban J connectivity index is 1.97. The molecule has 0 radical (unpaired) electrons. The average molecular weight is 283 g/mol. The summed E-state index contributed by atoms with van der Waals surface area (Å²) in [5, 5.41) is 0. The van der Waals surface area contributed by atoms with Crippen LogP contribution in [0.15, 0.2) is 37.2 Å². The molecular weight excluding hydrogens is 262 g/mol. The highest BCUT2D eigenvalue weighted by Gasteiger charge is 2.23. The molecule has 2 aromatic rings. The standard InChI is InChI=1S/C17H21N3O/c1-3-16(21)19-10-5-4-8-14(11-19)20-12-18-15-9-6-7-13(2)17(15)20/h3,6-7,9,12,14H,1,4-5,8,10-11H2,2H3/t14-/m1/s1. The first-order valence-corrected chi connectivity index (χ1v) is 7.54. The highest BCUT2D eigenvalue weighted by molar-refractivity contribution is 5.87. The van der Waals surface area contributed by atoms with Crippen LogP contribution in [-0.2, 0) is 4.79 Å². The Morgan fingerprint density at radius 2 is 2.29 bits per heavy atom. The number of para-hydroxylation sites is 1. The zero-order valence-corrected chi connectivity index (χ0v) is 12.5. The molecule has 1 aliphatic rings. The van der Waals surface area contributed by atoms with Gasteiger partial charge in [0.1, 0.15) is 0 Å². The number of aromatic nitrogens is 2. The predicted molar refractivity (Wildman–Crippen MR) is 84.1 cm³/mol. The molecule has 1 saturated heterocycles. The maximum Gasteiger partial charge on any atom is 0.246 e. The van der Waals surface area contributed by atoms with Crippen molar-refractivity contribution >= 4 is 16.9 Å². The Hall–Kier alpha value is -2.10. The molecule has 1 aromatic carbocycles. The van der Waals surface area contributed by atoms with Gasteiger partial charge >= 0.3 is 0 Å². The highest BCUT2D eigenvalue weighted by atomic mass is 16.2. The SMILES string of the molecule is C=CC(=O)N1CCCC[C@@H](n2cnc3cccc(C)c32)C1. The van der Waals surface area contributed by atoms with E-state index in [0.717, 1.165) is 37.9 Å². The molecule has 0 N–H and O–H groups in total. The Kier molecular flexibility index (Phi) is 3.78. The van der Waals surface area contributed by atoms with Gasteiger partial charge in [0.2, 0.25) is 5.91 Å². The highest BCUT2D eigenvalue weighted by Crippen LogP contribution is 2.27. The minimum atomic E-state index is 0.0306. The Bertz CT molecular complexity index is 674. The first kappa shape index (κ1) is 13.9. The number of benzene rings is 1. The van der Waals surface area contributed by atoms with Crippen LogP contribution in [0.4, 0.5) is 0 Å². The van der Waals surface area contributed by atoms with Crippen LogP contribution in [0.25, 0.3) is 11.0 Å². The van der Waals surface area contributed by atoms with Crippen LogP contribution in [0.5, 0.6) is 0 Å². The third kappa shape index (κ3) is 2.58. The average Bonchev–Trinajstić information content (AvgIpc) is 2.78. The molecule has 4 heteroatoms. The van der Waals surface area contributed by atoms with Gasteiger partial charge in [0.25, 0.3) is 0 Å². The minimum absolute atomic E-state index is 0.0306. The Labute approximate surface area is 125 Å². The van der Waals surface area contributed by atoms with Gasteiger partial charge in [-0.15, -0.1) is 0 Å². The summed E-state index contributed by atoms with van der Waals surface area (Å²) < 4.78 is 2.25. The smallest absolute Gasteiger partial charge is 0.246 e. The van der Waals surface area contributed by atoms with Crippen LogP contribution in [0.1, 0.15) is 30.9 Å². The van der Waals surface area contributed by atoms with Crippen LogP contribution < -0.4 is 0 Å². The largest absolute Gasteiger partial charge is 0.337 e. The van der Waals surface area contributed by atoms with E-state index in [0.29, 0.717) is 6.04 Å². The van der Waals surface area contributed by atoms with Crippen molar-refractivity contribution in [1.82, 2.24) is 14.5 Å². The van der Waals surface area contributed by atoms with Gasteiger partial charge < -0.3 is 9.47 Å². The second kappa shape index (κ2) is 5.72. The fourth-order valence-corrected chi connectivity index (χ4v) is 3.22. The maximum atomic E-state index is 11.9. The number of likely N-dealkylation sites (tertiary alicyclic amines) is 1. The number of carbonyl (C=O) groups excluding carboxylic acids is 1. The lowest BCUT2D eigenvalue weighted by Gasteiger charge is -2.25. The number of hydrogen-bond acceptors (Lipinski definition) is 2. The number of rotatable bonds is 2. The van der Waals surface area contributed by atoms with Gasteiger partial charge in [-0.2, -0.15) is 0 Å². The summed E-state index contributed by atoms with van der Waals surface area (Å²) in [4.78, 5) is 18.4. The van der Waals surface area contributed by atoms with Crippen LogP contribution in [0, 0.1) is 6.92 Å². The van der Waals surface area contributed by atoms with Crippen LogP contribution in [-0.4, -0.2) is 33.4 Å². The predicted octanol–water partition coefficient (Wildman–Crippen LogP) is 3.08. The van der Waals surface area contributed by atoms with E-state index in [1.54, 1.807) is 0 Å². The van der Waals surface area contributed by atoms with Crippen molar-refractivity contribution in [2.75, 3.05) is 13.1 Å². The summed E-state index contributed by atoms with van der Waals surface area (Å²) in [5.74, 6) is 0.0306. The molecule has 0 bridgehead atoms. The van der Waals surface area contributed by atoms with Crippen LogP contribution >= 0.6 is 0 Å². The van der Waals surface area contributed by atoms with E-state index in [1.807, 2.05) is 23.4 Å². The number of carbonyl (C=O) groups is 1. The van der Waals surface area contributed by atoms with E-state index in [2.05, 4.69) is 29.1 Å². The van der Waals surface area contributed by atoms with E-state index in [1.165, 1.54) is 17.2 Å². The van der Waals surface area contributed by atoms with Crippen molar-refractivity contribution in [3.05, 3.63) is 42.7 Å². The third-order valence-electron chi connectivity index (χ3n) is 4.32. The van der Waals surface area contributed by atoms with Crippen molar-refractivity contribution in [2.24, 2.45) is 0 Å². The van der Waals surface area contributed by atoms with Gasteiger partial charge in [-0.05, 0) is 43.9 Å². The van der Waals surface area contributed by atoms with Gasteiger partial charge in [-0.3, -0.25) is 4.79 Å². The maximum absolute atomic E-state index is 11.9. The van der Waals surface area contributed by atoms with E-state index in [4.69, 9.17) is 0 Å². The summed E-state index contributed by atoms with van der Waals surface area (Å²) >= 11 is 0. The van der Waals surface area contributed by atoms with Gasteiger partial charge in [0, 0.05) is 13.1 Å². The van der Waals surface area contributed by atoms with Gasteiger partial charge in [0.15, 0.2) is 0 Å². The molecule has 1 atom stereocenters. The lowest BCUT2D eigenvalue weighted by atomic mass is 10.1. The second-order valence-electron chi connectivity index (χ2n) is 5.73. The van der Waals surface area contributed by atoms with Crippen LogP contribution in [0.2, 0.25) is 0 Å². The first-order chi connectivity index (χ1) is 10.2. The number of hydrogen-bond donors (Lipinski definition) is 0. The third-order valence-corrected chi connectivity index (χ3v) is 4.32. The topological polar surface area (TPSA) is 38.1 Å². The molecule has 1 aromatic heterocycles. The molecule has 3 rings (SSSR count). The first-order valence-electron chi connectivity index (χ1n) is 7.54. The lowest BCUT2D eigenvalue weighted by molar-refractivity contribution is -0.126. The molecule has 110 valence electrons. The van der Waals surface area contributed by atoms with E-state index < -0.39 is 0 Å².